The largest absolute Gasteiger partial charge is 0.503 e. The summed E-state index contributed by atoms with van der Waals surface area (Å²) in [6.07, 6.45) is -1.73. The fourth-order valence-corrected chi connectivity index (χ4v) is 4.30. The highest BCUT2D eigenvalue weighted by Gasteiger charge is 2.50. The maximum absolute atomic E-state index is 14.7. The normalized spacial score (nSPS) is 18.0. The zero-order valence-corrected chi connectivity index (χ0v) is 17.0. The molecule has 2 aliphatic rings. The Morgan fingerprint density at radius 1 is 1.19 bits per heavy atom. The van der Waals surface area contributed by atoms with E-state index in [-0.39, 0.29) is 11.2 Å². The molecule has 3 heterocycles. The van der Waals surface area contributed by atoms with Gasteiger partial charge in [-0.25, -0.2) is 13.8 Å². The second kappa shape index (κ2) is 7.03. The van der Waals surface area contributed by atoms with E-state index in [1.54, 1.807) is 13.0 Å². The number of aromatic nitrogens is 3. The topological polar surface area (TPSA) is 63.4 Å². The van der Waals surface area contributed by atoms with Gasteiger partial charge in [-0.3, -0.25) is 4.68 Å². The molecule has 0 amide bonds. The predicted molar refractivity (Wildman–Crippen MR) is 105 cm³/mol. The summed E-state index contributed by atoms with van der Waals surface area (Å²) >= 11 is 0. The first-order chi connectivity index (χ1) is 15.2. The number of ether oxygens (including phenoxy) is 1. The van der Waals surface area contributed by atoms with Crippen molar-refractivity contribution in [1.82, 2.24) is 14.8 Å². The van der Waals surface area contributed by atoms with Crippen LogP contribution in [-0.2, 0) is 17.5 Å². The summed E-state index contributed by atoms with van der Waals surface area (Å²) in [4.78, 5) is 6.64. The van der Waals surface area contributed by atoms with Gasteiger partial charge < -0.3 is 14.7 Å². The number of pyridine rings is 1. The number of anilines is 1. The van der Waals surface area contributed by atoms with Gasteiger partial charge in [0.2, 0.25) is 0 Å². The lowest BCUT2D eigenvalue weighted by Crippen LogP contribution is -2.48. The van der Waals surface area contributed by atoms with Crippen molar-refractivity contribution < 1.29 is 31.8 Å². The summed E-state index contributed by atoms with van der Waals surface area (Å²) < 4.78 is 75.5. The van der Waals surface area contributed by atoms with E-state index in [1.165, 1.54) is 10.9 Å². The van der Waals surface area contributed by atoms with Gasteiger partial charge in [0.15, 0.2) is 17.4 Å². The Labute approximate surface area is 179 Å². The number of benzene rings is 1. The lowest BCUT2D eigenvalue weighted by Gasteiger charge is -2.37. The summed E-state index contributed by atoms with van der Waals surface area (Å²) in [7, 11) is 0. The van der Waals surface area contributed by atoms with E-state index in [0.717, 1.165) is 12.8 Å². The van der Waals surface area contributed by atoms with E-state index < -0.39 is 34.7 Å². The molecule has 1 saturated heterocycles. The predicted octanol–water partition coefficient (Wildman–Crippen LogP) is 4.49. The summed E-state index contributed by atoms with van der Waals surface area (Å²) in [5, 5.41) is 14.3. The average molecular weight is 454 g/mol. The number of phenols is 1. The molecule has 0 radical (unpaired) electrons. The Morgan fingerprint density at radius 2 is 1.94 bits per heavy atom. The van der Waals surface area contributed by atoms with Crippen LogP contribution in [0.3, 0.4) is 0 Å². The first-order valence-corrected chi connectivity index (χ1v) is 10.2. The highest BCUT2D eigenvalue weighted by Crippen LogP contribution is 2.46. The van der Waals surface area contributed by atoms with Crippen LogP contribution in [0.25, 0.3) is 22.2 Å². The minimum absolute atomic E-state index is 0.0880. The molecular weight excluding hydrogens is 435 g/mol. The maximum atomic E-state index is 14.7. The van der Waals surface area contributed by atoms with Crippen LogP contribution in [0.4, 0.5) is 27.8 Å². The minimum Gasteiger partial charge on any atom is -0.503 e. The second-order valence-corrected chi connectivity index (χ2v) is 8.10. The van der Waals surface area contributed by atoms with Crippen molar-refractivity contribution in [3.63, 3.8) is 0 Å². The molecule has 3 aromatic rings. The third kappa shape index (κ3) is 3.09. The standard InChI is InChI=1S/C21H19F5N4O2/c1-2-30-14-8-15(29-5-6-32-10-20(29)3-4-20)27-9-12(14)18(28-30)11-7-13(21(24,25)26)17(23)19(31)16(11)22/h7-9,31H,2-6,10H2,1H3. The molecule has 1 aliphatic heterocycles. The Morgan fingerprint density at radius 3 is 2.59 bits per heavy atom. The lowest BCUT2D eigenvalue weighted by molar-refractivity contribution is -0.140. The van der Waals surface area contributed by atoms with Crippen LogP contribution < -0.4 is 4.90 Å². The van der Waals surface area contributed by atoms with Crippen molar-refractivity contribution in [2.45, 2.75) is 38.0 Å². The van der Waals surface area contributed by atoms with Crippen molar-refractivity contribution in [3.05, 3.63) is 35.5 Å². The second-order valence-electron chi connectivity index (χ2n) is 8.10. The maximum Gasteiger partial charge on any atom is 0.419 e. The van der Waals surface area contributed by atoms with E-state index in [4.69, 9.17) is 4.74 Å². The van der Waals surface area contributed by atoms with Gasteiger partial charge in [0.05, 0.1) is 29.8 Å². The minimum atomic E-state index is -5.12. The van der Waals surface area contributed by atoms with Crippen molar-refractivity contribution in [1.29, 1.82) is 0 Å². The quantitative estimate of drug-likeness (QED) is 0.591. The highest BCUT2D eigenvalue weighted by atomic mass is 19.4. The number of fused-ring (bicyclic) bond motifs is 1. The van der Waals surface area contributed by atoms with Gasteiger partial charge in [-0.2, -0.15) is 18.3 Å². The van der Waals surface area contributed by atoms with Gasteiger partial charge in [0.1, 0.15) is 11.5 Å². The van der Waals surface area contributed by atoms with Crippen molar-refractivity contribution in [3.8, 4) is 17.0 Å². The SMILES string of the molecule is CCn1nc(-c2cc(C(F)(F)F)c(F)c(O)c2F)c2cnc(N3CCOCC34CC4)cc21. The van der Waals surface area contributed by atoms with Crippen LogP contribution in [0, 0.1) is 11.6 Å². The molecule has 1 N–H and O–H groups in total. The number of aryl methyl sites for hydroxylation is 1. The number of morpholine rings is 1. The smallest absolute Gasteiger partial charge is 0.419 e. The summed E-state index contributed by atoms with van der Waals surface area (Å²) in [5.41, 5.74) is -2.10. The Kier molecular flexibility index (Phi) is 4.59. The molecule has 1 aliphatic carbocycles. The molecule has 0 unspecified atom stereocenters. The van der Waals surface area contributed by atoms with Gasteiger partial charge in [-0.1, -0.05) is 0 Å². The van der Waals surface area contributed by atoms with Crippen LogP contribution in [0.15, 0.2) is 18.3 Å². The third-order valence-electron chi connectivity index (χ3n) is 6.17. The average Bonchev–Trinajstić information content (AvgIpc) is 3.42. The summed E-state index contributed by atoms with van der Waals surface area (Å²) in [6, 6.07) is 2.11. The van der Waals surface area contributed by atoms with Gasteiger partial charge in [-0.05, 0) is 25.8 Å². The van der Waals surface area contributed by atoms with Crippen molar-refractivity contribution in [2.75, 3.05) is 24.7 Å². The molecule has 2 aromatic heterocycles. The van der Waals surface area contributed by atoms with E-state index in [1.807, 2.05) is 0 Å². The first kappa shape index (κ1) is 20.9. The van der Waals surface area contributed by atoms with Crippen molar-refractivity contribution >= 4 is 16.7 Å². The molecule has 32 heavy (non-hydrogen) atoms. The molecule has 1 spiro atoms. The van der Waals surface area contributed by atoms with Crippen LogP contribution in [0.5, 0.6) is 5.75 Å². The number of aromatic hydroxyl groups is 1. The Hall–Kier alpha value is -2.95. The van der Waals surface area contributed by atoms with Gasteiger partial charge >= 0.3 is 6.18 Å². The lowest BCUT2D eigenvalue weighted by atomic mass is 10.0. The number of phenolic OH excluding ortho intramolecular Hbond substituents is 1. The van der Waals surface area contributed by atoms with E-state index in [2.05, 4.69) is 15.0 Å². The van der Waals surface area contributed by atoms with Crippen LogP contribution in [0.1, 0.15) is 25.3 Å². The molecule has 0 bridgehead atoms. The molecule has 2 fully saturated rings. The zero-order valence-electron chi connectivity index (χ0n) is 17.0. The monoisotopic (exact) mass is 454 g/mol. The number of hydrogen-bond acceptors (Lipinski definition) is 5. The van der Waals surface area contributed by atoms with E-state index in [0.29, 0.717) is 49.1 Å². The fourth-order valence-electron chi connectivity index (χ4n) is 4.30. The molecule has 170 valence electrons. The van der Waals surface area contributed by atoms with E-state index >= 15 is 0 Å². The molecule has 1 aromatic carbocycles. The zero-order chi connectivity index (χ0) is 22.8. The van der Waals surface area contributed by atoms with E-state index in [9.17, 15) is 27.1 Å². The summed E-state index contributed by atoms with van der Waals surface area (Å²) in [5.74, 6) is -4.58. The van der Waals surface area contributed by atoms with Crippen LogP contribution >= 0.6 is 0 Å². The number of nitrogens with zero attached hydrogens (tertiary/aromatic N) is 4. The highest BCUT2D eigenvalue weighted by molar-refractivity contribution is 5.94. The summed E-state index contributed by atoms with van der Waals surface area (Å²) in [6.45, 7) is 3.95. The third-order valence-corrected chi connectivity index (χ3v) is 6.17. The number of alkyl halides is 3. The number of rotatable bonds is 3. The van der Waals surface area contributed by atoms with Crippen LogP contribution in [-0.4, -0.2) is 45.2 Å². The molecule has 0 atom stereocenters. The first-order valence-electron chi connectivity index (χ1n) is 10.2. The molecule has 1 saturated carbocycles. The van der Waals surface area contributed by atoms with Crippen molar-refractivity contribution in [2.24, 2.45) is 0 Å². The molecule has 11 heteroatoms. The molecule has 5 rings (SSSR count). The number of hydrogen-bond donors (Lipinski definition) is 1. The molecule has 6 nitrogen and oxygen atoms in total. The Balaban J connectivity index is 1.68. The number of halogens is 5. The van der Waals surface area contributed by atoms with Gasteiger partial charge in [0.25, 0.3) is 0 Å². The molecular formula is C21H19F5N4O2. The van der Waals surface area contributed by atoms with Crippen LogP contribution in [0.2, 0.25) is 0 Å². The van der Waals surface area contributed by atoms with Gasteiger partial charge in [-0.15, -0.1) is 0 Å². The fraction of sp³-hybridized carbons (Fsp3) is 0.429. The Bertz CT molecular complexity index is 1220. The van der Waals surface area contributed by atoms with Gasteiger partial charge in [0, 0.05) is 36.3 Å².